The lowest BCUT2D eigenvalue weighted by Crippen LogP contribution is -2.32. The molecular weight excluding hydrogens is 300 g/mol. The molecule has 7 heteroatoms. The smallest absolute Gasteiger partial charge is 0.238 e. The fourth-order valence-corrected chi connectivity index (χ4v) is 3.01. The van der Waals surface area contributed by atoms with Gasteiger partial charge in [-0.05, 0) is 24.1 Å². The molecule has 20 heavy (non-hydrogen) atoms. The Kier molecular flexibility index (Phi) is 4.67. The van der Waals surface area contributed by atoms with Gasteiger partial charge in [-0.25, -0.2) is 8.42 Å². The summed E-state index contributed by atoms with van der Waals surface area (Å²) in [4.78, 5) is 13.5. The molecule has 1 N–H and O–H groups in total. The molecule has 0 aromatic heterocycles. The third kappa shape index (κ3) is 3.94. The van der Waals surface area contributed by atoms with Crippen molar-refractivity contribution < 1.29 is 13.2 Å². The van der Waals surface area contributed by atoms with E-state index < -0.39 is 9.84 Å². The van der Waals surface area contributed by atoms with Gasteiger partial charge in [0.25, 0.3) is 0 Å². The maximum atomic E-state index is 11.9. The molecular formula is C13H17ClN2O3S. The number of carbonyl (C=O) groups is 1. The molecule has 110 valence electrons. The van der Waals surface area contributed by atoms with Crippen LogP contribution in [0.3, 0.4) is 0 Å². The summed E-state index contributed by atoms with van der Waals surface area (Å²) in [5, 5.41) is 3.76. The molecule has 1 aromatic carbocycles. The summed E-state index contributed by atoms with van der Waals surface area (Å²) in [6, 6.07) is 7.27. The topological polar surface area (TPSA) is 66.5 Å². The van der Waals surface area contributed by atoms with E-state index in [1.54, 1.807) is 17.0 Å². The Balaban J connectivity index is 2.05. The molecule has 1 aromatic rings. The minimum atomic E-state index is -3.00. The molecule has 1 amide bonds. The van der Waals surface area contributed by atoms with Crippen molar-refractivity contribution in [2.24, 2.45) is 0 Å². The molecule has 1 heterocycles. The minimum Gasteiger partial charge on any atom is -0.322 e. The van der Waals surface area contributed by atoms with Crippen LogP contribution in [0.25, 0.3) is 0 Å². The van der Waals surface area contributed by atoms with Crippen LogP contribution in [0.2, 0.25) is 5.02 Å². The Hall–Kier alpha value is -1.11. The molecule has 0 spiro atoms. The van der Waals surface area contributed by atoms with Crippen LogP contribution in [-0.2, 0) is 14.6 Å². The summed E-state index contributed by atoms with van der Waals surface area (Å²) < 4.78 is 22.3. The van der Waals surface area contributed by atoms with E-state index in [9.17, 15) is 13.2 Å². The lowest BCUT2D eigenvalue weighted by molar-refractivity contribution is -0.128. The van der Waals surface area contributed by atoms with Crippen molar-refractivity contribution >= 4 is 27.3 Å². The van der Waals surface area contributed by atoms with Crippen LogP contribution in [-0.4, -0.2) is 44.3 Å². The molecule has 1 aliphatic heterocycles. The Bertz CT molecular complexity index is 586. The number of carbonyl (C=O) groups excluding carboxylic acids is 1. The van der Waals surface area contributed by atoms with Crippen molar-refractivity contribution in [3.8, 4) is 0 Å². The highest BCUT2D eigenvalue weighted by Gasteiger charge is 2.31. The number of sulfone groups is 1. The van der Waals surface area contributed by atoms with Crippen LogP contribution in [0.5, 0.6) is 0 Å². The van der Waals surface area contributed by atoms with Crippen LogP contribution < -0.4 is 5.32 Å². The number of hydrogen-bond donors (Lipinski definition) is 1. The molecule has 0 saturated carbocycles. The van der Waals surface area contributed by atoms with Crippen LogP contribution in [0.1, 0.15) is 18.2 Å². The highest BCUT2D eigenvalue weighted by atomic mass is 35.5. The van der Waals surface area contributed by atoms with Crippen LogP contribution in [0.15, 0.2) is 24.3 Å². The predicted molar refractivity (Wildman–Crippen MR) is 78.2 cm³/mol. The van der Waals surface area contributed by atoms with E-state index in [4.69, 9.17) is 11.6 Å². The fourth-order valence-electron chi connectivity index (χ4n) is 2.23. The molecule has 1 atom stereocenters. The van der Waals surface area contributed by atoms with E-state index in [0.29, 0.717) is 18.0 Å². The number of benzene rings is 1. The van der Waals surface area contributed by atoms with Gasteiger partial charge in [-0.15, -0.1) is 0 Å². The van der Waals surface area contributed by atoms with Crippen molar-refractivity contribution in [3.63, 3.8) is 0 Å². The van der Waals surface area contributed by atoms with Gasteiger partial charge in [-0.3, -0.25) is 10.1 Å². The lowest BCUT2D eigenvalue weighted by atomic mass is 10.1. The number of amides is 1. The normalized spacial score (nSPS) is 19.6. The molecule has 2 rings (SSSR count). The van der Waals surface area contributed by atoms with Gasteiger partial charge >= 0.3 is 0 Å². The van der Waals surface area contributed by atoms with Crippen LogP contribution >= 0.6 is 11.6 Å². The number of nitrogens with one attached hydrogen (secondary N) is 1. The molecule has 1 saturated heterocycles. The van der Waals surface area contributed by atoms with Gasteiger partial charge < -0.3 is 4.90 Å². The van der Waals surface area contributed by atoms with Gasteiger partial charge in [0.15, 0.2) is 0 Å². The van der Waals surface area contributed by atoms with E-state index >= 15 is 0 Å². The fraction of sp³-hybridized carbons (Fsp3) is 0.462. The lowest BCUT2D eigenvalue weighted by Gasteiger charge is -2.24. The largest absolute Gasteiger partial charge is 0.322 e. The Morgan fingerprint density at radius 1 is 1.35 bits per heavy atom. The van der Waals surface area contributed by atoms with Gasteiger partial charge in [0, 0.05) is 17.8 Å². The summed E-state index contributed by atoms with van der Waals surface area (Å²) in [6.07, 6.45) is 1.43. The monoisotopic (exact) mass is 316 g/mol. The average Bonchev–Trinajstić information content (AvgIpc) is 2.71. The first kappa shape index (κ1) is 15.3. The Morgan fingerprint density at radius 2 is 2.00 bits per heavy atom. The molecule has 1 fully saturated rings. The number of hydrogen-bond acceptors (Lipinski definition) is 4. The first-order valence-corrected chi connectivity index (χ1v) is 8.77. The maximum Gasteiger partial charge on any atom is 0.238 e. The summed E-state index contributed by atoms with van der Waals surface area (Å²) in [7, 11) is -3.00. The predicted octanol–water partition coefficient (Wildman–Crippen LogP) is 1.21. The zero-order chi connectivity index (χ0) is 14.8. The van der Waals surface area contributed by atoms with Crippen molar-refractivity contribution in [1.29, 1.82) is 0 Å². The zero-order valence-corrected chi connectivity index (χ0v) is 12.7. The van der Waals surface area contributed by atoms with Gasteiger partial charge in [0.2, 0.25) is 5.91 Å². The van der Waals surface area contributed by atoms with Crippen molar-refractivity contribution in [1.82, 2.24) is 10.2 Å². The molecule has 0 bridgehead atoms. The van der Waals surface area contributed by atoms with Gasteiger partial charge in [-0.1, -0.05) is 23.7 Å². The standard InChI is InChI=1S/C13H17ClN2O3S/c1-20(18,19)8-2-7-16-12(17)9-15-13(16)10-3-5-11(14)6-4-10/h3-6,13,15H,2,7-9H2,1H3. The van der Waals surface area contributed by atoms with E-state index in [-0.39, 0.29) is 24.4 Å². The van der Waals surface area contributed by atoms with E-state index in [2.05, 4.69) is 5.32 Å². The third-order valence-electron chi connectivity index (χ3n) is 3.18. The highest BCUT2D eigenvalue weighted by molar-refractivity contribution is 7.90. The van der Waals surface area contributed by atoms with E-state index in [1.807, 2.05) is 12.1 Å². The van der Waals surface area contributed by atoms with Crippen molar-refractivity contribution in [2.45, 2.75) is 12.6 Å². The summed E-state index contributed by atoms with van der Waals surface area (Å²) in [6.45, 7) is 0.693. The Labute approximate surface area is 123 Å². The third-order valence-corrected chi connectivity index (χ3v) is 4.46. The summed E-state index contributed by atoms with van der Waals surface area (Å²) >= 11 is 5.85. The average molecular weight is 317 g/mol. The summed E-state index contributed by atoms with van der Waals surface area (Å²) in [5.41, 5.74) is 0.944. The molecule has 1 aliphatic rings. The minimum absolute atomic E-state index is 0.0153. The highest BCUT2D eigenvalue weighted by Crippen LogP contribution is 2.24. The van der Waals surface area contributed by atoms with Crippen molar-refractivity contribution in [2.75, 3.05) is 25.1 Å². The van der Waals surface area contributed by atoms with Crippen molar-refractivity contribution in [3.05, 3.63) is 34.9 Å². The summed E-state index contributed by atoms with van der Waals surface area (Å²) in [5.74, 6) is 0.0721. The molecule has 1 unspecified atom stereocenters. The molecule has 0 aliphatic carbocycles. The number of halogens is 1. The number of nitrogens with zero attached hydrogens (tertiary/aromatic N) is 1. The second-order valence-electron chi connectivity index (χ2n) is 4.91. The van der Waals surface area contributed by atoms with E-state index in [0.717, 1.165) is 5.56 Å². The molecule has 0 radical (unpaired) electrons. The first-order chi connectivity index (χ1) is 9.37. The van der Waals surface area contributed by atoms with Crippen LogP contribution in [0.4, 0.5) is 0 Å². The number of rotatable bonds is 5. The van der Waals surface area contributed by atoms with Crippen LogP contribution in [0, 0.1) is 0 Å². The SMILES string of the molecule is CS(=O)(=O)CCCN1C(=O)CNC1c1ccc(Cl)cc1. The Morgan fingerprint density at radius 3 is 2.60 bits per heavy atom. The quantitative estimate of drug-likeness (QED) is 0.886. The second kappa shape index (κ2) is 6.11. The van der Waals surface area contributed by atoms with Gasteiger partial charge in [-0.2, -0.15) is 0 Å². The molecule has 5 nitrogen and oxygen atoms in total. The van der Waals surface area contributed by atoms with E-state index in [1.165, 1.54) is 6.26 Å². The maximum absolute atomic E-state index is 11.9. The van der Waals surface area contributed by atoms with Gasteiger partial charge in [0.1, 0.15) is 16.0 Å². The second-order valence-corrected chi connectivity index (χ2v) is 7.60. The first-order valence-electron chi connectivity index (χ1n) is 6.33. The van der Waals surface area contributed by atoms with Gasteiger partial charge in [0.05, 0.1) is 12.3 Å². The zero-order valence-electron chi connectivity index (χ0n) is 11.2.